The van der Waals surface area contributed by atoms with Gasteiger partial charge in [-0.2, -0.15) is 4.98 Å². The lowest BCUT2D eigenvalue weighted by Gasteiger charge is -2.33. The first-order valence-electron chi connectivity index (χ1n) is 9.04. The molecule has 0 aromatic carbocycles. The number of fused-ring (bicyclic) bond motifs is 3. The zero-order chi connectivity index (χ0) is 16.1. The van der Waals surface area contributed by atoms with Crippen LogP contribution in [0, 0.1) is 18.8 Å². The van der Waals surface area contributed by atoms with Crippen molar-refractivity contribution in [3.8, 4) is 11.5 Å². The van der Waals surface area contributed by atoms with Crippen LogP contribution in [0.25, 0.3) is 11.5 Å². The van der Waals surface area contributed by atoms with E-state index >= 15 is 0 Å². The fourth-order valence-electron chi connectivity index (χ4n) is 4.95. The van der Waals surface area contributed by atoms with Gasteiger partial charge in [0.1, 0.15) is 5.82 Å². The molecule has 3 atom stereocenters. The highest BCUT2D eigenvalue weighted by molar-refractivity contribution is 5.70. The van der Waals surface area contributed by atoms with Crippen molar-refractivity contribution in [1.82, 2.24) is 20.0 Å². The minimum atomic E-state index is 0.576. The summed E-state index contributed by atoms with van der Waals surface area (Å²) in [4.78, 5) is 14.2. The molecule has 6 nitrogen and oxygen atoms in total. The number of aryl methyl sites for hydroxylation is 1. The number of aromatic nitrogens is 3. The number of rotatable bonds is 2. The Hall–Kier alpha value is -1.95. The van der Waals surface area contributed by atoms with Gasteiger partial charge in [0.25, 0.3) is 5.89 Å². The summed E-state index contributed by atoms with van der Waals surface area (Å²) in [5.74, 6) is 3.79. The molecule has 0 bridgehead atoms. The van der Waals surface area contributed by atoms with E-state index in [1.54, 1.807) is 0 Å². The molecule has 3 aliphatic heterocycles. The molecule has 3 aliphatic rings. The van der Waals surface area contributed by atoms with Gasteiger partial charge in [-0.15, -0.1) is 0 Å². The Morgan fingerprint density at radius 3 is 3.04 bits per heavy atom. The third-order valence-corrected chi connectivity index (χ3v) is 5.96. The molecular weight excluding hydrogens is 302 g/mol. The van der Waals surface area contributed by atoms with Crippen LogP contribution in [0.5, 0.6) is 0 Å². The maximum atomic E-state index is 5.39. The second kappa shape index (κ2) is 5.55. The van der Waals surface area contributed by atoms with Gasteiger partial charge < -0.3 is 9.42 Å². The molecule has 3 fully saturated rings. The van der Waals surface area contributed by atoms with Crippen molar-refractivity contribution in [2.45, 2.75) is 32.2 Å². The Morgan fingerprint density at radius 1 is 1.21 bits per heavy atom. The Balaban J connectivity index is 1.43. The maximum Gasteiger partial charge on any atom is 0.261 e. The molecule has 0 amide bonds. The van der Waals surface area contributed by atoms with Crippen LogP contribution in [-0.2, 0) is 0 Å². The van der Waals surface area contributed by atoms with Crippen LogP contribution in [0.15, 0.2) is 22.9 Å². The minimum Gasteiger partial charge on any atom is -0.355 e. The largest absolute Gasteiger partial charge is 0.355 e. The third-order valence-electron chi connectivity index (χ3n) is 5.96. The van der Waals surface area contributed by atoms with E-state index in [0.29, 0.717) is 11.7 Å². The van der Waals surface area contributed by atoms with Crippen LogP contribution in [0.4, 0.5) is 5.82 Å². The van der Waals surface area contributed by atoms with Crippen molar-refractivity contribution < 1.29 is 4.52 Å². The van der Waals surface area contributed by atoms with E-state index in [1.165, 1.54) is 32.4 Å². The second-order valence-electron chi connectivity index (χ2n) is 7.41. The number of anilines is 1. The monoisotopic (exact) mass is 325 g/mol. The molecule has 0 unspecified atom stereocenters. The molecule has 0 aliphatic carbocycles. The van der Waals surface area contributed by atoms with Crippen molar-refractivity contribution in [2.24, 2.45) is 11.8 Å². The average Bonchev–Trinajstić information content (AvgIpc) is 3.29. The number of pyridine rings is 1. The van der Waals surface area contributed by atoms with Gasteiger partial charge in [-0.1, -0.05) is 11.6 Å². The summed E-state index contributed by atoms with van der Waals surface area (Å²) in [6, 6.07) is 4.76. The fourth-order valence-corrected chi connectivity index (χ4v) is 4.95. The highest BCUT2D eigenvalue weighted by Crippen LogP contribution is 2.42. The van der Waals surface area contributed by atoms with E-state index in [0.717, 1.165) is 42.3 Å². The van der Waals surface area contributed by atoms with Crippen molar-refractivity contribution in [3.05, 3.63) is 24.2 Å². The standard InChI is InChI=1S/C18H23N5O/c1-12-20-18(24-21-12)14-5-4-7-19-17(14)23-10-13-9-22-8-3-2-6-16(22)15(13)11-23/h4-5,7,13,15-16H,2-3,6,8-11H2,1H3/t13-,15+,16+/m0/s1. The summed E-state index contributed by atoms with van der Waals surface area (Å²) in [7, 11) is 0. The normalized spacial score (nSPS) is 29.7. The van der Waals surface area contributed by atoms with E-state index in [9.17, 15) is 0 Å². The lowest BCUT2D eigenvalue weighted by atomic mass is 9.90. The van der Waals surface area contributed by atoms with Crippen LogP contribution in [-0.4, -0.2) is 52.2 Å². The van der Waals surface area contributed by atoms with Crippen molar-refractivity contribution in [1.29, 1.82) is 0 Å². The Morgan fingerprint density at radius 2 is 2.17 bits per heavy atom. The van der Waals surface area contributed by atoms with E-state index in [4.69, 9.17) is 4.52 Å². The summed E-state index contributed by atoms with van der Waals surface area (Å²) in [5.41, 5.74) is 0.957. The molecular formula is C18H23N5O. The highest BCUT2D eigenvalue weighted by atomic mass is 16.5. The van der Waals surface area contributed by atoms with Gasteiger partial charge in [-0.25, -0.2) is 4.98 Å². The smallest absolute Gasteiger partial charge is 0.261 e. The Kier molecular flexibility index (Phi) is 3.33. The van der Waals surface area contributed by atoms with Gasteiger partial charge in [-0.05, 0) is 50.3 Å². The van der Waals surface area contributed by atoms with Crippen LogP contribution >= 0.6 is 0 Å². The summed E-state index contributed by atoms with van der Waals surface area (Å²) in [5, 5.41) is 3.93. The molecule has 5 rings (SSSR count). The maximum absolute atomic E-state index is 5.39. The first-order chi connectivity index (χ1) is 11.8. The SMILES string of the molecule is Cc1noc(-c2cccnc2N2C[C@@H]3CN4CCCC[C@@H]4[C@@H]3C2)n1. The molecule has 2 aromatic heterocycles. The molecule has 6 heteroatoms. The number of nitrogens with zero attached hydrogens (tertiary/aromatic N) is 5. The fraction of sp³-hybridized carbons (Fsp3) is 0.611. The summed E-state index contributed by atoms with van der Waals surface area (Å²) < 4.78 is 5.39. The predicted molar refractivity (Wildman–Crippen MR) is 90.7 cm³/mol. The summed E-state index contributed by atoms with van der Waals surface area (Å²) >= 11 is 0. The van der Waals surface area contributed by atoms with Gasteiger partial charge in [0, 0.05) is 31.9 Å². The first kappa shape index (κ1) is 14.4. The Labute approximate surface area is 141 Å². The second-order valence-corrected chi connectivity index (χ2v) is 7.41. The van der Waals surface area contributed by atoms with Crippen molar-refractivity contribution >= 4 is 5.82 Å². The van der Waals surface area contributed by atoms with Crippen LogP contribution in [0.2, 0.25) is 0 Å². The number of hydrogen-bond acceptors (Lipinski definition) is 6. The first-order valence-corrected chi connectivity index (χ1v) is 9.04. The van der Waals surface area contributed by atoms with Gasteiger partial charge in [0.15, 0.2) is 5.82 Å². The van der Waals surface area contributed by atoms with Crippen LogP contribution in [0.3, 0.4) is 0 Å². The molecule has 0 spiro atoms. The highest BCUT2D eigenvalue weighted by Gasteiger charge is 2.47. The average molecular weight is 325 g/mol. The molecule has 126 valence electrons. The lowest BCUT2D eigenvalue weighted by molar-refractivity contribution is 0.173. The van der Waals surface area contributed by atoms with E-state index in [1.807, 2.05) is 25.3 Å². The van der Waals surface area contributed by atoms with Gasteiger partial charge in [0.05, 0.1) is 5.56 Å². The number of piperidine rings is 1. The van der Waals surface area contributed by atoms with E-state index in [2.05, 4.69) is 24.9 Å². The summed E-state index contributed by atoms with van der Waals surface area (Å²) in [6.07, 6.45) is 6.00. The third kappa shape index (κ3) is 2.24. The molecule has 0 radical (unpaired) electrons. The van der Waals surface area contributed by atoms with Crippen molar-refractivity contribution in [2.75, 3.05) is 31.1 Å². The van der Waals surface area contributed by atoms with E-state index < -0.39 is 0 Å². The van der Waals surface area contributed by atoms with Gasteiger partial charge in [0.2, 0.25) is 0 Å². The van der Waals surface area contributed by atoms with E-state index in [-0.39, 0.29) is 0 Å². The Bertz CT molecular complexity index is 745. The quantitative estimate of drug-likeness (QED) is 0.845. The molecule has 3 saturated heterocycles. The van der Waals surface area contributed by atoms with Gasteiger partial charge >= 0.3 is 0 Å². The number of hydrogen-bond donors (Lipinski definition) is 0. The zero-order valence-corrected chi connectivity index (χ0v) is 14.1. The summed E-state index contributed by atoms with van der Waals surface area (Å²) in [6.45, 7) is 6.60. The van der Waals surface area contributed by atoms with Crippen LogP contribution < -0.4 is 4.90 Å². The van der Waals surface area contributed by atoms with Crippen molar-refractivity contribution in [3.63, 3.8) is 0 Å². The predicted octanol–water partition coefficient (Wildman–Crippen LogP) is 2.36. The van der Waals surface area contributed by atoms with Gasteiger partial charge in [-0.3, -0.25) is 4.90 Å². The molecule has 2 aromatic rings. The molecule has 24 heavy (non-hydrogen) atoms. The lowest BCUT2D eigenvalue weighted by Crippen LogP contribution is -2.40. The van der Waals surface area contributed by atoms with Crippen LogP contribution in [0.1, 0.15) is 25.1 Å². The molecule has 0 saturated carbocycles. The minimum absolute atomic E-state index is 0.576. The molecule has 5 heterocycles. The molecule has 0 N–H and O–H groups in total. The zero-order valence-electron chi connectivity index (χ0n) is 14.1. The topological polar surface area (TPSA) is 58.3 Å².